The summed E-state index contributed by atoms with van der Waals surface area (Å²) in [5, 5.41) is 0. The van der Waals surface area contributed by atoms with E-state index >= 15 is 0 Å². The predicted octanol–water partition coefficient (Wildman–Crippen LogP) is 2.92. The van der Waals surface area contributed by atoms with Gasteiger partial charge in [0.25, 0.3) is 0 Å². The molecular weight excluding hydrogens is 254 g/mol. The molecule has 1 fully saturated rings. The molecular formula is C16H17NO3. The summed E-state index contributed by atoms with van der Waals surface area (Å²) in [6.07, 6.45) is 1.49. The Morgan fingerprint density at radius 2 is 1.80 bits per heavy atom. The van der Waals surface area contributed by atoms with Crippen LogP contribution in [0.4, 0.5) is 0 Å². The number of pyridine rings is 1. The fraction of sp³-hybridized carbons (Fsp3) is 0.312. The number of nitrogens with zero attached hydrogens (tertiary/aromatic N) is 1. The van der Waals surface area contributed by atoms with Crippen LogP contribution in [0, 0.1) is 0 Å². The molecule has 0 unspecified atom stereocenters. The van der Waals surface area contributed by atoms with Gasteiger partial charge in [-0.3, -0.25) is 4.98 Å². The van der Waals surface area contributed by atoms with Gasteiger partial charge in [0.05, 0.1) is 20.3 Å². The maximum Gasteiger partial charge on any atom is 0.183 e. The second-order valence-electron chi connectivity index (χ2n) is 4.72. The van der Waals surface area contributed by atoms with Gasteiger partial charge < -0.3 is 14.2 Å². The van der Waals surface area contributed by atoms with E-state index in [1.54, 1.807) is 13.3 Å². The molecule has 1 aromatic carbocycles. The van der Waals surface area contributed by atoms with Crippen LogP contribution in [0.2, 0.25) is 0 Å². The quantitative estimate of drug-likeness (QED) is 0.860. The van der Waals surface area contributed by atoms with Crippen molar-refractivity contribution in [1.29, 1.82) is 0 Å². The molecule has 0 saturated carbocycles. The zero-order valence-corrected chi connectivity index (χ0v) is 11.4. The number of methoxy groups -OCH3 is 1. The van der Waals surface area contributed by atoms with Crippen molar-refractivity contribution in [3.63, 3.8) is 0 Å². The molecule has 20 heavy (non-hydrogen) atoms. The van der Waals surface area contributed by atoms with Gasteiger partial charge in [-0.1, -0.05) is 18.2 Å². The Morgan fingerprint density at radius 1 is 1.05 bits per heavy atom. The highest BCUT2D eigenvalue weighted by atomic mass is 16.7. The van der Waals surface area contributed by atoms with Crippen LogP contribution in [0.3, 0.4) is 0 Å². The zero-order valence-electron chi connectivity index (χ0n) is 11.4. The molecule has 1 aromatic heterocycles. The maximum atomic E-state index is 5.80. The highest BCUT2D eigenvalue weighted by molar-refractivity contribution is 5.28. The van der Waals surface area contributed by atoms with Crippen molar-refractivity contribution >= 4 is 0 Å². The van der Waals surface area contributed by atoms with Gasteiger partial charge in [-0.05, 0) is 24.3 Å². The minimum absolute atomic E-state index is 0.200. The summed E-state index contributed by atoms with van der Waals surface area (Å²) in [5.41, 5.74) is 2.02. The maximum absolute atomic E-state index is 5.80. The molecule has 0 atom stereocenters. The zero-order chi connectivity index (χ0) is 13.8. The van der Waals surface area contributed by atoms with Crippen molar-refractivity contribution in [2.45, 2.75) is 12.2 Å². The molecule has 2 heterocycles. The molecule has 4 nitrogen and oxygen atoms in total. The smallest absolute Gasteiger partial charge is 0.183 e. The molecule has 2 aromatic rings. The predicted molar refractivity (Wildman–Crippen MR) is 74.6 cm³/mol. The van der Waals surface area contributed by atoms with Gasteiger partial charge in [0.15, 0.2) is 6.29 Å². The van der Waals surface area contributed by atoms with Crippen molar-refractivity contribution in [2.75, 3.05) is 20.3 Å². The van der Waals surface area contributed by atoms with E-state index in [0.29, 0.717) is 13.2 Å². The Labute approximate surface area is 118 Å². The van der Waals surface area contributed by atoms with E-state index in [9.17, 15) is 0 Å². The van der Waals surface area contributed by atoms with Crippen LogP contribution >= 0.6 is 0 Å². The first kappa shape index (κ1) is 13.1. The minimum Gasteiger partial charge on any atom is -0.497 e. The monoisotopic (exact) mass is 271 g/mol. The number of aromatic nitrogens is 1. The minimum atomic E-state index is -0.305. The van der Waals surface area contributed by atoms with Crippen molar-refractivity contribution in [3.8, 4) is 5.75 Å². The van der Waals surface area contributed by atoms with Crippen LogP contribution in [0.5, 0.6) is 5.75 Å². The number of hydrogen-bond donors (Lipinski definition) is 0. The van der Waals surface area contributed by atoms with E-state index in [1.807, 2.05) is 42.5 Å². The lowest BCUT2D eigenvalue weighted by atomic mass is 10.1. The summed E-state index contributed by atoms with van der Waals surface area (Å²) in [5.74, 6) is 1.03. The van der Waals surface area contributed by atoms with E-state index in [0.717, 1.165) is 17.0 Å². The van der Waals surface area contributed by atoms with Gasteiger partial charge >= 0.3 is 0 Å². The molecule has 0 spiro atoms. The van der Waals surface area contributed by atoms with Crippen molar-refractivity contribution in [1.82, 2.24) is 4.98 Å². The standard InChI is InChI=1S/C16H17NO3/c1-18-14-7-5-12(6-8-14)16-19-10-13(11-20-16)15-4-2-3-9-17-15/h2-9,13,16H,10-11H2,1H3. The Bertz CT molecular complexity index is 533. The van der Waals surface area contributed by atoms with Gasteiger partial charge in [0.1, 0.15) is 5.75 Å². The van der Waals surface area contributed by atoms with Gasteiger partial charge in [-0.15, -0.1) is 0 Å². The third kappa shape index (κ3) is 2.81. The summed E-state index contributed by atoms with van der Waals surface area (Å²) in [7, 11) is 1.65. The summed E-state index contributed by atoms with van der Waals surface area (Å²) < 4.78 is 16.7. The number of rotatable bonds is 3. The highest BCUT2D eigenvalue weighted by Gasteiger charge is 2.25. The largest absolute Gasteiger partial charge is 0.497 e. The van der Waals surface area contributed by atoms with Crippen molar-refractivity contribution in [2.24, 2.45) is 0 Å². The Hall–Kier alpha value is -1.91. The molecule has 1 saturated heterocycles. The third-order valence-electron chi connectivity index (χ3n) is 3.39. The van der Waals surface area contributed by atoms with E-state index in [-0.39, 0.29) is 12.2 Å². The van der Waals surface area contributed by atoms with E-state index in [1.165, 1.54) is 0 Å². The topological polar surface area (TPSA) is 40.6 Å². The first-order valence-electron chi connectivity index (χ1n) is 6.65. The van der Waals surface area contributed by atoms with Crippen LogP contribution < -0.4 is 4.74 Å². The lowest BCUT2D eigenvalue weighted by Crippen LogP contribution is -2.26. The Kier molecular flexibility index (Phi) is 3.95. The Balaban J connectivity index is 1.63. The molecule has 0 amide bonds. The van der Waals surface area contributed by atoms with Crippen LogP contribution in [-0.2, 0) is 9.47 Å². The number of ether oxygens (including phenoxy) is 3. The average molecular weight is 271 g/mol. The lowest BCUT2D eigenvalue weighted by Gasteiger charge is -2.29. The van der Waals surface area contributed by atoms with Crippen LogP contribution in [0.25, 0.3) is 0 Å². The second-order valence-corrected chi connectivity index (χ2v) is 4.72. The lowest BCUT2D eigenvalue weighted by molar-refractivity contribution is -0.192. The molecule has 0 N–H and O–H groups in total. The average Bonchev–Trinajstić information content (AvgIpc) is 2.56. The molecule has 1 aliphatic rings. The molecule has 4 heteroatoms. The summed E-state index contributed by atoms with van der Waals surface area (Å²) in [6.45, 7) is 1.24. The Morgan fingerprint density at radius 3 is 2.40 bits per heavy atom. The van der Waals surface area contributed by atoms with Crippen molar-refractivity contribution < 1.29 is 14.2 Å². The molecule has 0 aliphatic carbocycles. The van der Waals surface area contributed by atoms with Gasteiger partial charge in [-0.25, -0.2) is 0 Å². The number of hydrogen-bond acceptors (Lipinski definition) is 4. The fourth-order valence-corrected chi connectivity index (χ4v) is 2.25. The molecule has 104 valence electrons. The van der Waals surface area contributed by atoms with Gasteiger partial charge in [0.2, 0.25) is 0 Å². The van der Waals surface area contributed by atoms with E-state index in [4.69, 9.17) is 14.2 Å². The van der Waals surface area contributed by atoms with Crippen LogP contribution in [0.1, 0.15) is 23.5 Å². The first-order valence-corrected chi connectivity index (χ1v) is 6.65. The molecule has 1 aliphatic heterocycles. The SMILES string of the molecule is COc1ccc(C2OCC(c3ccccn3)CO2)cc1. The highest BCUT2D eigenvalue weighted by Crippen LogP contribution is 2.29. The van der Waals surface area contributed by atoms with Crippen LogP contribution in [0.15, 0.2) is 48.7 Å². The summed E-state index contributed by atoms with van der Waals surface area (Å²) in [4.78, 5) is 4.35. The van der Waals surface area contributed by atoms with E-state index < -0.39 is 0 Å². The van der Waals surface area contributed by atoms with Crippen LogP contribution in [-0.4, -0.2) is 25.3 Å². The summed E-state index contributed by atoms with van der Waals surface area (Å²) in [6, 6.07) is 13.6. The van der Waals surface area contributed by atoms with E-state index in [2.05, 4.69) is 4.98 Å². The number of benzene rings is 1. The van der Waals surface area contributed by atoms with Gasteiger partial charge in [0, 0.05) is 23.4 Å². The fourth-order valence-electron chi connectivity index (χ4n) is 2.25. The third-order valence-corrected chi connectivity index (χ3v) is 3.39. The second kappa shape index (κ2) is 6.03. The van der Waals surface area contributed by atoms with Crippen molar-refractivity contribution in [3.05, 3.63) is 59.9 Å². The van der Waals surface area contributed by atoms with Gasteiger partial charge in [-0.2, -0.15) is 0 Å². The molecule has 0 radical (unpaired) electrons. The molecule has 0 bridgehead atoms. The summed E-state index contributed by atoms with van der Waals surface area (Å²) >= 11 is 0. The normalized spacial score (nSPS) is 22.4. The first-order chi connectivity index (χ1) is 9.86. The molecule has 3 rings (SSSR count).